The molecule has 0 bridgehead atoms. The second-order valence-corrected chi connectivity index (χ2v) is 4.90. The van der Waals surface area contributed by atoms with Gasteiger partial charge in [-0.3, -0.25) is 0 Å². The van der Waals surface area contributed by atoms with Crippen LogP contribution in [-0.2, 0) is 6.42 Å². The first-order valence-electron chi connectivity index (χ1n) is 4.84. The van der Waals surface area contributed by atoms with Crippen molar-refractivity contribution in [3.8, 4) is 0 Å². The average molecular weight is 197 g/mol. The molecule has 1 fully saturated rings. The molecule has 1 unspecified atom stereocenters. The number of aromatic nitrogens is 2. The summed E-state index contributed by atoms with van der Waals surface area (Å²) in [6, 6.07) is 0. The molecule has 1 aliphatic rings. The highest BCUT2D eigenvalue weighted by atomic mass is 32.1. The van der Waals surface area contributed by atoms with Crippen LogP contribution < -0.4 is 5.32 Å². The molecule has 4 heteroatoms. The van der Waals surface area contributed by atoms with Crippen LogP contribution in [0.25, 0.3) is 0 Å². The van der Waals surface area contributed by atoms with Crippen LogP contribution in [0, 0.1) is 12.8 Å². The molecular formula is C9H15N3S. The van der Waals surface area contributed by atoms with Gasteiger partial charge in [-0.25, -0.2) is 0 Å². The summed E-state index contributed by atoms with van der Waals surface area (Å²) in [5, 5.41) is 13.9. The lowest BCUT2D eigenvalue weighted by Gasteiger charge is -2.21. The molecule has 0 aliphatic carbocycles. The highest BCUT2D eigenvalue weighted by Crippen LogP contribution is 2.18. The van der Waals surface area contributed by atoms with E-state index in [-0.39, 0.29) is 0 Å². The molecule has 72 valence electrons. The maximum absolute atomic E-state index is 4.15. The predicted molar refractivity (Wildman–Crippen MR) is 53.9 cm³/mol. The fraction of sp³-hybridized carbons (Fsp3) is 0.778. The number of aryl methyl sites for hydroxylation is 1. The normalized spacial score (nSPS) is 23.3. The minimum absolute atomic E-state index is 0.779. The van der Waals surface area contributed by atoms with E-state index in [1.807, 2.05) is 6.92 Å². The Bertz CT molecular complexity index is 266. The van der Waals surface area contributed by atoms with Gasteiger partial charge in [-0.1, -0.05) is 0 Å². The third-order valence-corrected chi connectivity index (χ3v) is 3.29. The van der Waals surface area contributed by atoms with E-state index < -0.39 is 0 Å². The minimum atomic E-state index is 0.779. The van der Waals surface area contributed by atoms with Crippen molar-refractivity contribution in [3.05, 3.63) is 10.0 Å². The van der Waals surface area contributed by atoms with Crippen LogP contribution in [0.3, 0.4) is 0 Å². The van der Waals surface area contributed by atoms with Crippen molar-refractivity contribution in [3.63, 3.8) is 0 Å². The zero-order chi connectivity index (χ0) is 9.10. The summed E-state index contributed by atoms with van der Waals surface area (Å²) in [6.45, 7) is 4.35. The third-order valence-electron chi connectivity index (χ3n) is 2.43. The Kier molecular flexibility index (Phi) is 2.90. The van der Waals surface area contributed by atoms with E-state index in [4.69, 9.17) is 0 Å². The number of hydrogen-bond donors (Lipinski definition) is 1. The zero-order valence-electron chi connectivity index (χ0n) is 7.92. The van der Waals surface area contributed by atoms with Gasteiger partial charge >= 0.3 is 0 Å². The van der Waals surface area contributed by atoms with Crippen molar-refractivity contribution < 1.29 is 0 Å². The third kappa shape index (κ3) is 2.48. The van der Waals surface area contributed by atoms with Crippen LogP contribution in [0.4, 0.5) is 0 Å². The molecule has 13 heavy (non-hydrogen) atoms. The summed E-state index contributed by atoms with van der Waals surface area (Å²) in [7, 11) is 0. The fourth-order valence-corrected chi connectivity index (χ4v) is 2.59. The number of piperidine rings is 1. The van der Waals surface area contributed by atoms with E-state index in [0.29, 0.717) is 0 Å². The molecule has 1 saturated heterocycles. The largest absolute Gasteiger partial charge is 0.316 e. The fourth-order valence-electron chi connectivity index (χ4n) is 1.77. The van der Waals surface area contributed by atoms with Gasteiger partial charge in [0.05, 0.1) is 0 Å². The van der Waals surface area contributed by atoms with Crippen molar-refractivity contribution in [2.24, 2.45) is 5.92 Å². The second-order valence-electron chi connectivity index (χ2n) is 3.63. The summed E-state index contributed by atoms with van der Waals surface area (Å²) in [4.78, 5) is 0. The van der Waals surface area contributed by atoms with Gasteiger partial charge in [0, 0.05) is 6.42 Å². The van der Waals surface area contributed by atoms with E-state index in [1.165, 1.54) is 24.4 Å². The Morgan fingerprint density at radius 1 is 1.54 bits per heavy atom. The zero-order valence-corrected chi connectivity index (χ0v) is 8.73. The van der Waals surface area contributed by atoms with Crippen molar-refractivity contribution in [2.75, 3.05) is 13.1 Å². The first kappa shape index (κ1) is 9.09. The lowest BCUT2D eigenvalue weighted by atomic mass is 9.97. The lowest BCUT2D eigenvalue weighted by molar-refractivity contribution is 0.375. The molecule has 2 heterocycles. The molecule has 1 N–H and O–H groups in total. The van der Waals surface area contributed by atoms with Gasteiger partial charge in [-0.2, -0.15) is 0 Å². The first-order valence-corrected chi connectivity index (χ1v) is 5.66. The maximum atomic E-state index is 4.15. The van der Waals surface area contributed by atoms with E-state index >= 15 is 0 Å². The standard InChI is InChI=1S/C9H15N3S/c1-7-11-12-9(13-7)5-8-3-2-4-10-6-8/h8,10H,2-6H2,1H3. The average Bonchev–Trinajstić information content (AvgIpc) is 2.53. The molecule has 1 aromatic heterocycles. The van der Waals surface area contributed by atoms with Crippen LogP contribution in [0.1, 0.15) is 22.9 Å². The van der Waals surface area contributed by atoms with Crippen LogP contribution in [0.2, 0.25) is 0 Å². The molecule has 0 saturated carbocycles. The second kappa shape index (κ2) is 4.15. The van der Waals surface area contributed by atoms with E-state index in [1.54, 1.807) is 11.3 Å². The van der Waals surface area contributed by atoms with Gasteiger partial charge in [-0.05, 0) is 38.8 Å². The lowest BCUT2D eigenvalue weighted by Crippen LogP contribution is -2.30. The summed E-state index contributed by atoms with van der Waals surface area (Å²) in [5.74, 6) is 0.779. The highest BCUT2D eigenvalue weighted by Gasteiger charge is 2.15. The number of hydrogen-bond acceptors (Lipinski definition) is 4. The van der Waals surface area contributed by atoms with Crippen LogP contribution in [0.15, 0.2) is 0 Å². The van der Waals surface area contributed by atoms with Crippen LogP contribution >= 0.6 is 11.3 Å². The van der Waals surface area contributed by atoms with Gasteiger partial charge in [0.15, 0.2) is 0 Å². The topological polar surface area (TPSA) is 37.8 Å². The predicted octanol–water partition coefficient (Wildman–Crippen LogP) is 1.39. The molecule has 1 aromatic rings. The summed E-state index contributed by atoms with van der Waals surface area (Å²) < 4.78 is 0. The van der Waals surface area contributed by atoms with Crippen LogP contribution in [0.5, 0.6) is 0 Å². The van der Waals surface area contributed by atoms with Crippen molar-refractivity contribution in [1.29, 1.82) is 0 Å². The maximum Gasteiger partial charge on any atom is 0.117 e. The molecule has 0 spiro atoms. The number of rotatable bonds is 2. The monoisotopic (exact) mass is 197 g/mol. The van der Waals surface area contributed by atoms with Crippen LogP contribution in [-0.4, -0.2) is 23.3 Å². The molecule has 2 rings (SSSR count). The molecule has 0 radical (unpaired) electrons. The molecular weight excluding hydrogens is 182 g/mol. The Morgan fingerprint density at radius 2 is 2.46 bits per heavy atom. The summed E-state index contributed by atoms with van der Waals surface area (Å²) in [5.41, 5.74) is 0. The van der Waals surface area contributed by atoms with Gasteiger partial charge in [0.25, 0.3) is 0 Å². The number of nitrogens with zero attached hydrogens (tertiary/aromatic N) is 2. The van der Waals surface area contributed by atoms with E-state index in [0.717, 1.165) is 23.9 Å². The molecule has 0 amide bonds. The minimum Gasteiger partial charge on any atom is -0.316 e. The first-order chi connectivity index (χ1) is 6.34. The van der Waals surface area contributed by atoms with Crippen molar-refractivity contribution in [1.82, 2.24) is 15.5 Å². The van der Waals surface area contributed by atoms with E-state index in [2.05, 4.69) is 15.5 Å². The molecule has 1 atom stereocenters. The Morgan fingerprint density at radius 3 is 3.08 bits per heavy atom. The summed E-state index contributed by atoms with van der Waals surface area (Å²) >= 11 is 1.73. The highest BCUT2D eigenvalue weighted by molar-refractivity contribution is 7.11. The smallest absolute Gasteiger partial charge is 0.117 e. The van der Waals surface area contributed by atoms with Gasteiger partial charge in [0.2, 0.25) is 0 Å². The van der Waals surface area contributed by atoms with Crippen molar-refractivity contribution in [2.45, 2.75) is 26.2 Å². The quantitative estimate of drug-likeness (QED) is 0.778. The summed E-state index contributed by atoms with van der Waals surface area (Å²) in [6.07, 6.45) is 3.76. The van der Waals surface area contributed by atoms with Gasteiger partial charge in [-0.15, -0.1) is 21.5 Å². The molecule has 1 aliphatic heterocycles. The Hall–Kier alpha value is -0.480. The Balaban J connectivity index is 1.89. The molecule has 3 nitrogen and oxygen atoms in total. The SMILES string of the molecule is Cc1nnc(CC2CCCNC2)s1. The van der Waals surface area contributed by atoms with E-state index in [9.17, 15) is 0 Å². The van der Waals surface area contributed by atoms with Gasteiger partial charge < -0.3 is 5.32 Å². The van der Waals surface area contributed by atoms with Gasteiger partial charge in [0.1, 0.15) is 10.0 Å². The Labute approximate surface area is 82.6 Å². The molecule has 0 aromatic carbocycles. The number of nitrogens with one attached hydrogen (secondary N) is 1. The van der Waals surface area contributed by atoms with Crippen molar-refractivity contribution >= 4 is 11.3 Å².